The number of rotatable bonds is 2. The first kappa shape index (κ1) is 23.8. The summed E-state index contributed by atoms with van der Waals surface area (Å²) < 4.78 is 2.56. The van der Waals surface area contributed by atoms with Gasteiger partial charge in [0.2, 0.25) is 5.95 Å². The monoisotopic (exact) mass is 579 g/mol. The van der Waals surface area contributed by atoms with Gasteiger partial charge in [-0.1, -0.05) is 78.9 Å². The van der Waals surface area contributed by atoms with E-state index in [4.69, 9.17) is 19.9 Å². The van der Waals surface area contributed by atoms with Crippen molar-refractivity contribution in [3.63, 3.8) is 0 Å². The maximum atomic E-state index is 5.36. The first-order chi connectivity index (χ1) is 21.8. The first-order valence-corrected chi connectivity index (χ1v) is 15.4. The third kappa shape index (κ3) is 3.28. The molecule has 0 amide bonds. The maximum Gasteiger partial charge on any atom is 0.237 e. The summed E-state index contributed by atoms with van der Waals surface area (Å²) in [6.07, 6.45) is 1.90. The minimum absolute atomic E-state index is 0.583. The van der Waals surface area contributed by atoms with Gasteiger partial charge < -0.3 is 0 Å². The third-order valence-electron chi connectivity index (χ3n) is 8.65. The lowest BCUT2D eigenvalue weighted by Crippen LogP contribution is -2.19. The van der Waals surface area contributed by atoms with Gasteiger partial charge in [0.05, 0.1) is 33.5 Å². The van der Waals surface area contributed by atoms with Crippen molar-refractivity contribution in [2.75, 3.05) is 4.90 Å². The summed E-state index contributed by atoms with van der Waals surface area (Å²) in [7, 11) is 0. The number of hydrogen-bond acceptors (Lipinski definition) is 6. The molecule has 9 aromatic rings. The highest BCUT2D eigenvalue weighted by atomic mass is 32.1. The SMILES string of the molecule is c1ccc2c(c1)-c1nccc3c1c(nc1ccccc13)N2c1nc(-c2ccc3sc4ccccc4c3c2)c2ccccc2n1. The van der Waals surface area contributed by atoms with E-state index < -0.39 is 0 Å². The van der Waals surface area contributed by atoms with Crippen molar-refractivity contribution < 1.29 is 0 Å². The van der Waals surface area contributed by atoms with Crippen molar-refractivity contribution in [1.82, 2.24) is 19.9 Å². The highest BCUT2D eigenvalue weighted by molar-refractivity contribution is 7.25. The van der Waals surface area contributed by atoms with Gasteiger partial charge in [0.1, 0.15) is 0 Å². The molecule has 44 heavy (non-hydrogen) atoms. The van der Waals surface area contributed by atoms with Crippen LogP contribution in [0, 0.1) is 0 Å². The van der Waals surface area contributed by atoms with Crippen LogP contribution in [0.25, 0.3) is 75.3 Å². The fraction of sp³-hybridized carbons (Fsp3) is 0. The summed E-state index contributed by atoms with van der Waals surface area (Å²) in [4.78, 5) is 22.8. The highest BCUT2D eigenvalue weighted by Crippen LogP contribution is 2.50. The molecule has 0 aliphatic carbocycles. The third-order valence-corrected chi connectivity index (χ3v) is 9.80. The molecule has 5 aromatic carbocycles. The van der Waals surface area contributed by atoms with Gasteiger partial charge in [0.15, 0.2) is 5.82 Å². The molecule has 0 bridgehead atoms. The number of anilines is 3. The average Bonchev–Trinajstić information content (AvgIpc) is 3.46. The lowest BCUT2D eigenvalue weighted by atomic mass is 9.96. The summed E-state index contributed by atoms with van der Waals surface area (Å²) in [6, 6.07) is 42.3. The predicted molar refractivity (Wildman–Crippen MR) is 182 cm³/mol. The van der Waals surface area contributed by atoms with Crippen molar-refractivity contribution >= 4 is 81.5 Å². The average molecular weight is 580 g/mol. The zero-order valence-electron chi connectivity index (χ0n) is 23.3. The zero-order chi connectivity index (χ0) is 28.8. The Balaban J connectivity index is 1.29. The van der Waals surface area contributed by atoms with Crippen LogP contribution < -0.4 is 4.90 Å². The van der Waals surface area contributed by atoms with Gasteiger partial charge in [-0.05, 0) is 47.9 Å². The Morgan fingerprint density at radius 2 is 1.25 bits per heavy atom. The summed E-state index contributed by atoms with van der Waals surface area (Å²) in [5.41, 5.74) is 6.69. The van der Waals surface area contributed by atoms with Crippen LogP contribution in [0.3, 0.4) is 0 Å². The number of aromatic nitrogens is 4. The van der Waals surface area contributed by atoms with Crippen molar-refractivity contribution in [2.45, 2.75) is 0 Å². The van der Waals surface area contributed by atoms with Crippen molar-refractivity contribution in [3.8, 4) is 22.5 Å². The zero-order valence-corrected chi connectivity index (χ0v) is 24.1. The van der Waals surface area contributed by atoms with Crippen LogP contribution in [0.1, 0.15) is 0 Å². The van der Waals surface area contributed by atoms with E-state index in [1.54, 1.807) is 0 Å². The van der Waals surface area contributed by atoms with Crippen LogP contribution in [0.5, 0.6) is 0 Å². The van der Waals surface area contributed by atoms with Gasteiger partial charge >= 0.3 is 0 Å². The second kappa shape index (κ2) is 8.89. The number of benzene rings is 5. The van der Waals surface area contributed by atoms with Crippen molar-refractivity contribution in [2.24, 2.45) is 0 Å². The largest absolute Gasteiger partial charge is 0.262 e. The molecular formula is C38H21N5S. The Morgan fingerprint density at radius 3 is 2.16 bits per heavy atom. The van der Waals surface area contributed by atoms with E-state index in [0.717, 1.165) is 66.6 Å². The van der Waals surface area contributed by atoms with Gasteiger partial charge in [-0.25, -0.2) is 15.0 Å². The summed E-state index contributed by atoms with van der Waals surface area (Å²) in [6.45, 7) is 0. The van der Waals surface area contributed by atoms with Crippen LogP contribution in [0.4, 0.5) is 17.5 Å². The van der Waals surface area contributed by atoms with E-state index >= 15 is 0 Å². The molecule has 5 heterocycles. The topological polar surface area (TPSA) is 54.8 Å². The predicted octanol–water partition coefficient (Wildman–Crippen LogP) is 10.2. The summed E-state index contributed by atoms with van der Waals surface area (Å²) in [5.74, 6) is 1.38. The second-order valence-electron chi connectivity index (χ2n) is 11.1. The Bertz CT molecular complexity index is 2640. The Kier molecular flexibility index (Phi) is 4.81. The van der Waals surface area contributed by atoms with Crippen LogP contribution in [0.2, 0.25) is 0 Å². The Labute approximate surface area is 255 Å². The molecule has 6 heteroatoms. The molecule has 0 radical (unpaired) electrons. The Hall–Kier alpha value is -5.72. The minimum atomic E-state index is 0.583. The minimum Gasteiger partial charge on any atom is -0.262 e. The number of fused-ring (bicyclic) bond motifs is 8. The van der Waals surface area contributed by atoms with Gasteiger partial charge in [0.25, 0.3) is 0 Å². The number of nitrogens with zero attached hydrogens (tertiary/aromatic N) is 5. The molecule has 0 saturated heterocycles. The fourth-order valence-electron chi connectivity index (χ4n) is 6.69. The molecule has 0 N–H and O–H groups in total. The maximum absolute atomic E-state index is 5.36. The quantitative estimate of drug-likeness (QED) is 0.191. The number of para-hydroxylation sites is 3. The van der Waals surface area contributed by atoms with Crippen LogP contribution in [0.15, 0.2) is 128 Å². The van der Waals surface area contributed by atoms with Gasteiger partial charge in [0, 0.05) is 48.3 Å². The van der Waals surface area contributed by atoms with Crippen molar-refractivity contribution in [1.29, 1.82) is 0 Å². The molecule has 5 nitrogen and oxygen atoms in total. The number of pyridine rings is 2. The normalized spacial score (nSPS) is 12.5. The molecule has 1 aliphatic rings. The Morgan fingerprint density at radius 1 is 0.523 bits per heavy atom. The second-order valence-corrected chi connectivity index (χ2v) is 12.2. The van der Waals surface area contributed by atoms with E-state index in [2.05, 4.69) is 114 Å². The van der Waals surface area contributed by atoms with E-state index in [0.29, 0.717) is 5.95 Å². The van der Waals surface area contributed by atoms with Gasteiger partial charge in [-0.15, -0.1) is 11.3 Å². The van der Waals surface area contributed by atoms with Crippen LogP contribution in [-0.4, -0.2) is 19.9 Å². The lowest BCUT2D eigenvalue weighted by molar-refractivity contribution is 1.08. The molecule has 10 rings (SSSR count). The van der Waals surface area contributed by atoms with E-state index in [1.165, 1.54) is 20.2 Å². The number of thiophene rings is 1. The fourth-order valence-corrected chi connectivity index (χ4v) is 7.78. The van der Waals surface area contributed by atoms with Gasteiger partial charge in [-0.2, -0.15) is 0 Å². The molecule has 204 valence electrons. The number of hydrogen-bond donors (Lipinski definition) is 0. The van der Waals surface area contributed by atoms with E-state index in [9.17, 15) is 0 Å². The molecule has 0 atom stereocenters. The lowest BCUT2D eigenvalue weighted by Gasteiger charge is -2.31. The van der Waals surface area contributed by atoms with Crippen LogP contribution >= 0.6 is 11.3 Å². The van der Waals surface area contributed by atoms with Crippen molar-refractivity contribution in [3.05, 3.63) is 128 Å². The summed E-state index contributed by atoms with van der Waals surface area (Å²) in [5, 5.41) is 6.75. The first-order valence-electron chi connectivity index (χ1n) is 14.6. The standard InChI is InChI=1S/C38H21N5S/c1-5-13-29-23(9-1)25-19-20-39-36-27-12-3-7-15-31(27)43(37(40-29)34(25)36)38-41-30-14-6-2-11-26(30)35(42-38)22-17-18-33-28(21-22)24-10-4-8-16-32(24)44-33/h1-21H. The van der Waals surface area contributed by atoms with Gasteiger partial charge in [-0.3, -0.25) is 9.88 Å². The summed E-state index contributed by atoms with van der Waals surface area (Å²) >= 11 is 1.82. The smallest absolute Gasteiger partial charge is 0.237 e. The van der Waals surface area contributed by atoms with Crippen LogP contribution in [-0.2, 0) is 0 Å². The molecular weight excluding hydrogens is 559 g/mol. The molecule has 0 spiro atoms. The van der Waals surface area contributed by atoms with E-state index in [-0.39, 0.29) is 0 Å². The molecule has 1 aliphatic heterocycles. The molecule has 0 saturated carbocycles. The molecule has 0 fully saturated rings. The van der Waals surface area contributed by atoms with E-state index in [1.807, 2.05) is 29.7 Å². The molecule has 0 unspecified atom stereocenters. The highest BCUT2D eigenvalue weighted by Gasteiger charge is 2.31. The molecule has 4 aromatic heterocycles.